The number of fused-ring (bicyclic) bond motifs is 1. The Balaban J connectivity index is 2.34. The van der Waals surface area contributed by atoms with Gasteiger partial charge in [-0.15, -0.1) is 0 Å². The maximum absolute atomic E-state index is 5.52. The number of rotatable bonds is 1. The van der Waals surface area contributed by atoms with Crippen LogP contribution in [0.2, 0.25) is 0 Å². The molecule has 0 fully saturated rings. The van der Waals surface area contributed by atoms with Crippen LogP contribution in [-0.2, 0) is 6.42 Å². The molecule has 10 heavy (non-hydrogen) atoms. The van der Waals surface area contributed by atoms with E-state index in [9.17, 15) is 0 Å². The van der Waals surface area contributed by atoms with Crippen molar-refractivity contribution in [1.82, 2.24) is 5.16 Å². The van der Waals surface area contributed by atoms with Gasteiger partial charge in [0, 0.05) is 18.0 Å². The molecule has 1 aliphatic rings. The van der Waals surface area contributed by atoms with Gasteiger partial charge in [0.15, 0.2) is 0 Å². The Morgan fingerprint density at radius 1 is 1.80 bits per heavy atom. The minimum absolute atomic E-state index is 0.428. The van der Waals surface area contributed by atoms with E-state index in [2.05, 4.69) is 5.16 Å². The predicted octanol–water partition coefficient (Wildman–Crippen LogP) is 0.663. The Morgan fingerprint density at radius 3 is 3.50 bits per heavy atom. The van der Waals surface area contributed by atoms with Crippen molar-refractivity contribution in [2.45, 2.75) is 18.8 Å². The highest BCUT2D eigenvalue weighted by molar-refractivity contribution is 5.23. The van der Waals surface area contributed by atoms with Gasteiger partial charge in [0.05, 0.1) is 6.20 Å². The Morgan fingerprint density at radius 2 is 2.70 bits per heavy atom. The number of nitrogens with zero attached hydrogens (tertiary/aromatic N) is 1. The lowest BCUT2D eigenvalue weighted by Gasteiger charge is -2.00. The fourth-order valence-corrected chi connectivity index (χ4v) is 1.48. The van der Waals surface area contributed by atoms with E-state index in [4.69, 9.17) is 10.3 Å². The minimum atomic E-state index is 0.428. The smallest absolute Gasteiger partial charge is 0.144 e. The summed E-state index contributed by atoms with van der Waals surface area (Å²) in [6.45, 7) is 0.683. The number of nitrogens with two attached hydrogens (primary N) is 1. The van der Waals surface area contributed by atoms with Crippen LogP contribution in [0.15, 0.2) is 10.7 Å². The van der Waals surface area contributed by atoms with Crippen molar-refractivity contribution >= 4 is 0 Å². The van der Waals surface area contributed by atoms with Crippen molar-refractivity contribution in [3.63, 3.8) is 0 Å². The molecule has 3 nitrogen and oxygen atoms in total. The number of aromatic nitrogens is 1. The van der Waals surface area contributed by atoms with Crippen LogP contribution in [0.3, 0.4) is 0 Å². The summed E-state index contributed by atoms with van der Waals surface area (Å²) in [6.07, 6.45) is 4.01. The van der Waals surface area contributed by atoms with E-state index in [1.807, 2.05) is 0 Å². The number of hydrogen-bond acceptors (Lipinski definition) is 3. The fourth-order valence-electron chi connectivity index (χ4n) is 1.48. The summed E-state index contributed by atoms with van der Waals surface area (Å²) in [5, 5.41) is 3.71. The van der Waals surface area contributed by atoms with Crippen molar-refractivity contribution < 1.29 is 4.52 Å². The Labute approximate surface area is 59.2 Å². The monoisotopic (exact) mass is 138 g/mol. The van der Waals surface area contributed by atoms with E-state index in [0.717, 1.165) is 18.6 Å². The minimum Gasteiger partial charge on any atom is -0.361 e. The second-order valence-corrected chi connectivity index (χ2v) is 2.69. The lowest BCUT2D eigenvalue weighted by molar-refractivity contribution is 0.364. The largest absolute Gasteiger partial charge is 0.361 e. The third-order valence-electron chi connectivity index (χ3n) is 2.09. The first kappa shape index (κ1) is 5.92. The highest BCUT2D eigenvalue weighted by Gasteiger charge is 2.25. The molecule has 0 amide bonds. The Bertz CT molecular complexity index is 231. The van der Waals surface area contributed by atoms with Gasteiger partial charge in [0.2, 0.25) is 0 Å². The van der Waals surface area contributed by atoms with E-state index in [1.54, 1.807) is 6.20 Å². The maximum atomic E-state index is 5.52. The summed E-state index contributed by atoms with van der Waals surface area (Å²) in [6, 6.07) is 0. The average molecular weight is 138 g/mol. The van der Waals surface area contributed by atoms with Crippen LogP contribution in [0, 0.1) is 0 Å². The summed E-state index contributed by atoms with van der Waals surface area (Å²) in [5.41, 5.74) is 6.77. The van der Waals surface area contributed by atoms with Crippen molar-refractivity contribution in [3.8, 4) is 0 Å². The molecule has 1 unspecified atom stereocenters. The molecule has 0 bridgehead atoms. The second kappa shape index (κ2) is 2.09. The molecule has 0 saturated carbocycles. The van der Waals surface area contributed by atoms with Crippen molar-refractivity contribution in [1.29, 1.82) is 0 Å². The van der Waals surface area contributed by atoms with Crippen LogP contribution >= 0.6 is 0 Å². The lowest BCUT2D eigenvalue weighted by atomic mass is 10.1. The molecule has 2 rings (SSSR count). The van der Waals surface area contributed by atoms with Crippen molar-refractivity contribution in [3.05, 3.63) is 17.5 Å². The normalized spacial score (nSPS) is 23.1. The topological polar surface area (TPSA) is 52.0 Å². The third-order valence-corrected chi connectivity index (χ3v) is 2.09. The summed E-state index contributed by atoms with van der Waals surface area (Å²) in [4.78, 5) is 0. The summed E-state index contributed by atoms with van der Waals surface area (Å²) < 4.78 is 5.05. The van der Waals surface area contributed by atoms with E-state index in [-0.39, 0.29) is 0 Å². The maximum Gasteiger partial charge on any atom is 0.144 e. The molecule has 1 heterocycles. The van der Waals surface area contributed by atoms with Gasteiger partial charge in [-0.3, -0.25) is 0 Å². The van der Waals surface area contributed by atoms with Crippen LogP contribution in [-0.4, -0.2) is 11.7 Å². The molecule has 1 aliphatic carbocycles. The Hall–Kier alpha value is -0.830. The quantitative estimate of drug-likeness (QED) is 0.620. The van der Waals surface area contributed by atoms with Crippen LogP contribution in [0.5, 0.6) is 0 Å². The fraction of sp³-hybridized carbons (Fsp3) is 0.571. The third kappa shape index (κ3) is 0.671. The van der Waals surface area contributed by atoms with Gasteiger partial charge >= 0.3 is 0 Å². The molecule has 1 aromatic rings. The molecule has 0 radical (unpaired) electrons. The first-order chi connectivity index (χ1) is 4.92. The summed E-state index contributed by atoms with van der Waals surface area (Å²) in [5.74, 6) is 1.44. The van der Waals surface area contributed by atoms with E-state index >= 15 is 0 Å². The number of aryl methyl sites for hydroxylation is 1. The van der Waals surface area contributed by atoms with Gasteiger partial charge in [-0.25, -0.2) is 0 Å². The standard InChI is InChI=1S/C7H10N2O/c8-3-5-1-2-6-4-9-10-7(5)6/h4-5H,1-3,8H2. The molecule has 0 spiro atoms. The predicted molar refractivity (Wildman–Crippen MR) is 36.6 cm³/mol. The van der Waals surface area contributed by atoms with Gasteiger partial charge in [-0.1, -0.05) is 5.16 Å². The van der Waals surface area contributed by atoms with Crippen LogP contribution in [0.4, 0.5) is 0 Å². The molecule has 0 aliphatic heterocycles. The van der Waals surface area contributed by atoms with Crippen molar-refractivity contribution in [2.24, 2.45) is 5.73 Å². The van der Waals surface area contributed by atoms with Crippen molar-refractivity contribution in [2.75, 3.05) is 6.54 Å². The molecule has 1 atom stereocenters. The van der Waals surface area contributed by atoms with Crippen LogP contribution in [0.1, 0.15) is 23.7 Å². The van der Waals surface area contributed by atoms with E-state index < -0.39 is 0 Å². The van der Waals surface area contributed by atoms with E-state index in [0.29, 0.717) is 12.5 Å². The SMILES string of the molecule is NCC1CCc2cnoc21. The molecular formula is C7H10N2O. The van der Waals surface area contributed by atoms with Crippen LogP contribution < -0.4 is 5.73 Å². The second-order valence-electron chi connectivity index (χ2n) is 2.69. The summed E-state index contributed by atoms with van der Waals surface area (Å²) >= 11 is 0. The first-order valence-corrected chi connectivity index (χ1v) is 3.55. The van der Waals surface area contributed by atoms with Gasteiger partial charge in [-0.2, -0.15) is 0 Å². The zero-order valence-electron chi connectivity index (χ0n) is 5.71. The lowest BCUT2D eigenvalue weighted by Crippen LogP contribution is -2.08. The Kier molecular flexibility index (Phi) is 1.24. The van der Waals surface area contributed by atoms with E-state index in [1.165, 1.54) is 5.56 Å². The molecule has 54 valence electrons. The van der Waals surface area contributed by atoms with Gasteiger partial charge in [-0.05, 0) is 12.8 Å². The number of hydrogen-bond donors (Lipinski definition) is 1. The molecular weight excluding hydrogens is 128 g/mol. The highest BCUT2D eigenvalue weighted by atomic mass is 16.5. The average Bonchev–Trinajstić information content (AvgIpc) is 2.44. The first-order valence-electron chi connectivity index (χ1n) is 3.55. The summed E-state index contributed by atoms with van der Waals surface area (Å²) in [7, 11) is 0. The van der Waals surface area contributed by atoms with Gasteiger partial charge < -0.3 is 10.3 Å². The van der Waals surface area contributed by atoms with Gasteiger partial charge in [0.1, 0.15) is 5.76 Å². The molecule has 3 heteroatoms. The molecule has 1 aromatic heterocycles. The van der Waals surface area contributed by atoms with Gasteiger partial charge in [0.25, 0.3) is 0 Å². The zero-order valence-corrected chi connectivity index (χ0v) is 5.71. The molecule has 0 saturated heterocycles. The zero-order chi connectivity index (χ0) is 6.97. The molecule has 0 aromatic carbocycles. The highest BCUT2D eigenvalue weighted by Crippen LogP contribution is 2.31. The molecule has 2 N–H and O–H groups in total. The van der Waals surface area contributed by atoms with Crippen LogP contribution in [0.25, 0.3) is 0 Å².